The molecule has 0 saturated carbocycles. The lowest BCUT2D eigenvalue weighted by Crippen LogP contribution is -2.10. The van der Waals surface area contributed by atoms with Gasteiger partial charge in [0, 0.05) is 15.1 Å². The van der Waals surface area contributed by atoms with Crippen molar-refractivity contribution in [3.8, 4) is 11.5 Å². The molecule has 2 aromatic carbocycles. The van der Waals surface area contributed by atoms with Gasteiger partial charge in [-0.05, 0) is 30.3 Å². The minimum atomic E-state index is 0.280. The van der Waals surface area contributed by atoms with E-state index in [0.717, 1.165) is 15.8 Å². The molecule has 0 aromatic heterocycles. The molecule has 0 aliphatic carbocycles. The Morgan fingerprint density at radius 1 is 1.00 bits per heavy atom. The summed E-state index contributed by atoms with van der Waals surface area (Å²) in [6, 6.07) is 11.0. The van der Waals surface area contributed by atoms with Crippen molar-refractivity contribution in [1.29, 1.82) is 0 Å². The zero-order chi connectivity index (χ0) is 15.2. The van der Waals surface area contributed by atoms with Crippen LogP contribution in [-0.2, 0) is 5.88 Å². The second kappa shape index (κ2) is 8.14. The van der Waals surface area contributed by atoms with E-state index < -0.39 is 0 Å². The lowest BCUT2D eigenvalue weighted by atomic mass is 10.2. The summed E-state index contributed by atoms with van der Waals surface area (Å²) in [5, 5.41) is 0.981. The maximum absolute atomic E-state index is 6.12. The van der Waals surface area contributed by atoms with Crippen LogP contribution in [0.25, 0.3) is 0 Å². The molecule has 0 atom stereocenters. The predicted molar refractivity (Wildman–Crippen MR) is 91.2 cm³/mol. The molecular weight excluding hydrogens is 398 g/mol. The van der Waals surface area contributed by atoms with Crippen LogP contribution in [0.15, 0.2) is 40.9 Å². The fraction of sp³-hybridized carbons (Fsp3) is 0.200. The lowest BCUT2D eigenvalue weighted by molar-refractivity contribution is 0.216. The highest BCUT2D eigenvalue weighted by Crippen LogP contribution is 2.33. The Labute approximate surface area is 147 Å². The second-order valence-electron chi connectivity index (χ2n) is 4.16. The average molecular weight is 411 g/mol. The van der Waals surface area contributed by atoms with Gasteiger partial charge in [0.15, 0.2) is 0 Å². The molecule has 0 saturated heterocycles. The van der Waals surface area contributed by atoms with Crippen molar-refractivity contribution < 1.29 is 9.47 Å². The molecule has 0 radical (unpaired) electrons. The van der Waals surface area contributed by atoms with E-state index >= 15 is 0 Å². The fourth-order valence-electron chi connectivity index (χ4n) is 1.73. The number of halogens is 4. The summed E-state index contributed by atoms with van der Waals surface area (Å²) >= 11 is 21.3. The number of rotatable bonds is 6. The SMILES string of the molecule is ClCc1cc(Cl)cc(Cl)c1OCCOc1cccc(Br)c1. The molecule has 0 aliphatic heterocycles. The third kappa shape index (κ3) is 4.96. The van der Waals surface area contributed by atoms with Crippen molar-refractivity contribution in [2.24, 2.45) is 0 Å². The minimum Gasteiger partial charge on any atom is -0.490 e. The zero-order valence-electron chi connectivity index (χ0n) is 10.9. The Bertz CT molecular complexity index is 620. The summed E-state index contributed by atoms with van der Waals surface area (Å²) in [6.45, 7) is 0.759. The molecule has 0 heterocycles. The van der Waals surface area contributed by atoms with Crippen molar-refractivity contribution in [3.05, 3.63) is 56.5 Å². The molecule has 2 nitrogen and oxygen atoms in total. The molecule has 2 aromatic rings. The molecule has 0 N–H and O–H groups in total. The first-order valence-corrected chi connectivity index (χ1v) is 8.23. The maximum atomic E-state index is 6.12. The first-order chi connectivity index (χ1) is 10.1. The Balaban J connectivity index is 1.92. The number of alkyl halides is 1. The van der Waals surface area contributed by atoms with E-state index in [-0.39, 0.29) is 5.88 Å². The van der Waals surface area contributed by atoms with Crippen molar-refractivity contribution in [1.82, 2.24) is 0 Å². The second-order valence-corrected chi connectivity index (χ2v) is 6.19. The minimum absolute atomic E-state index is 0.280. The van der Waals surface area contributed by atoms with Crippen LogP contribution in [0.2, 0.25) is 10.0 Å². The molecule has 0 amide bonds. The van der Waals surface area contributed by atoms with Crippen molar-refractivity contribution in [2.75, 3.05) is 13.2 Å². The predicted octanol–water partition coefficient (Wildman–Crippen LogP) is 5.95. The van der Waals surface area contributed by atoms with Gasteiger partial charge in [0.25, 0.3) is 0 Å². The summed E-state index contributed by atoms with van der Waals surface area (Å²) in [5.74, 6) is 1.60. The summed E-state index contributed by atoms with van der Waals surface area (Å²) in [4.78, 5) is 0. The highest BCUT2D eigenvalue weighted by Gasteiger charge is 2.10. The van der Waals surface area contributed by atoms with Gasteiger partial charge in [0.1, 0.15) is 24.7 Å². The largest absolute Gasteiger partial charge is 0.490 e. The van der Waals surface area contributed by atoms with Crippen LogP contribution < -0.4 is 9.47 Å². The quantitative estimate of drug-likeness (QED) is 0.433. The monoisotopic (exact) mass is 408 g/mol. The molecule has 0 aliphatic rings. The van der Waals surface area contributed by atoms with Gasteiger partial charge in [0.05, 0.1) is 10.9 Å². The van der Waals surface area contributed by atoms with E-state index in [4.69, 9.17) is 44.3 Å². The van der Waals surface area contributed by atoms with E-state index in [1.165, 1.54) is 0 Å². The van der Waals surface area contributed by atoms with Gasteiger partial charge >= 0.3 is 0 Å². The fourth-order valence-corrected chi connectivity index (χ4v) is 2.90. The normalized spacial score (nSPS) is 10.5. The number of hydrogen-bond donors (Lipinski definition) is 0. The Morgan fingerprint density at radius 2 is 1.76 bits per heavy atom. The van der Waals surface area contributed by atoms with E-state index in [2.05, 4.69) is 15.9 Å². The third-order valence-electron chi connectivity index (χ3n) is 2.62. The van der Waals surface area contributed by atoms with Crippen molar-refractivity contribution in [3.63, 3.8) is 0 Å². The smallest absolute Gasteiger partial charge is 0.142 e. The molecule has 0 spiro atoms. The van der Waals surface area contributed by atoms with Gasteiger partial charge in [0.2, 0.25) is 0 Å². The molecule has 2 rings (SSSR count). The van der Waals surface area contributed by atoms with Crippen LogP contribution in [0.4, 0.5) is 0 Å². The summed E-state index contributed by atoms with van der Waals surface area (Å²) in [7, 11) is 0. The van der Waals surface area contributed by atoms with Crippen molar-refractivity contribution in [2.45, 2.75) is 5.88 Å². The molecule has 0 unspecified atom stereocenters. The van der Waals surface area contributed by atoms with E-state index in [1.54, 1.807) is 12.1 Å². The highest BCUT2D eigenvalue weighted by molar-refractivity contribution is 9.10. The third-order valence-corrected chi connectivity index (χ3v) is 3.90. The van der Waals surface area contributed by atoms with Crippen LogP contribution in [0.5, 0.6) is 11.5 Å². The number of benzene rings is 2. The number of hydrogen-bond acceptors (Lipinski definition) is 2. The van der Waals surface area contributed by atoms with Gasteiger partial charge in [-0.25, -0.2) is 0 Å². The van der Waals surface area contributed by atoms with Crippen LogP contribution in [0.1, 0.15) is 5.56 Å². The van der Waals surface area contributed by atoms with Gasteiger partial charge in [-0.3, -0.25) is 0 Å². The van der Waals surface area contributed by atoms with Crippen LogP contribution in [0.3, 0.4) is 0 Å². The first kappa shape index (κ1) is 16.8. The van der Waals surface area contributed by atoms with Gasteiger partial charge in [-0.1, -0.05) is 45.2 Å². The molecular formula is C15H12BrCl3O2. The molecule has 112 valence electrons. The van der Waals surface area contributed by atoms with E-state index in [0.29, 0.717) is 29.0 Å². The van der Waals surface area contributed by atoms with E-state index in [9.17, 15) is 0 Å². The van der Waals surface area contributed by atoms with Crippen LogP contribution >= 0.6 is 50.7 Å². The van der Waals surface area contributed by atoms with Gasteiger partial charge < -0.3 is 9.47 Å². The zero-order valence-corrected chi connectivity index (χ0v) is 14.8. The van der Waals surface area contributed by atoms with E-state index in [1.807, 2.05) is 24.3 Å². The number of ether oxygens (including phenoxy) is 2. The summed E-state index contributed by atoms with van der Waals surface area (Å²) in [5.41, 5.74) is 0.761. The summed E-state index contributed by atoms with van der Waals surface area (Å²) in [6.07, 6.45) is 0. The lowest BCUT2D eigenvalue weighted by Gasteiger charge is -2.13. The van der Waals surface area contributed by atoms with Gasteiger partial charge in [-0.2, -0.15) is 0 Å². The van der Waals surface area contributed by atoms with Crippen molar-refractivity contribution >= 4 is 50.7 Å². The molecule has 0 fully saturated rings. The highest BCUT2D eigenvalue weighted by atomic mass is 79.9. The average Bonchev–Trinajstić information content (AvgIpc) is 2.44. The molecule has 6 heteroatoms. The molecule has 0 bridgehead atoms. The van der Waals surface area contributed by atoms with Crippen LogP contribution in [-0.4, -0.2) is 13.2 Å². The van der Waals surface area contributed by atoms with Crippen LogP contribution in [0, 0.1) is 0 Å². The topological polar surface area (TPSA) is 18.5 Å². The first-order valence-electron chi connectivity index (χ1n) is 6.15. The molecule has 21 heavy (non-hydrogen) atoms. The Kier molecular flexibility index (Phi) is 6.49. The maximum Gasteiger partial charge on any atom is 0.142 e. The Morgan fingerprint density at radius 3 is 2.48 bits per heavy atom. The standard InChI is InChI=1S/C15H12BrCl3O2/c16-11-2-1-3-13(7-11)20-4-5-21-15-10(9-17)6-12(18)8-14(15)19/h1-3,6-8H,4-5,9H2. The Hall–Kier alpha value is -0.610. The summed E-state index contributed by atoms with van der Waals surface area (Å²) < 4.78 is 12.2. The van der Waals surface area contributed by atoms with Gasteiger partial charge in [-0.15, -0.1) is 11.6 Å².